The third kappa shape index (κ3) is 4.24. The molecule has 0 unspecified atom stereocenters. The lowest BCUT2D eigenvalue weighted by molar-refractivity contribution is 0.102. The van der Waals surface area contributed by atoms with Gasteiger partial charge in [0.05, 0.1) is 0 Å². The summed E-state index contributed by atoms with van der Waals surface area (Å²) in [5, 5.41) is 22.1. The molecular weight excluding hydrogens is 358 g/mol. The number of rotatable bonds is 6. The van der Waals surface area contributed by atoms with Gasteiger partial charge in [-0.3, -0.25) is 4.79 Å². The minimum atomic E-state index is -0.331. The molecule has 3 N–H and O–H groups in total. The minimum absolute atomic E-state index is 0.111. The van der Waals surface area contributed by atoms with Crippen LogP contribution in [-0.4, -0.2) is 27.1 Å². The molecule has 3 rings (SSSR count). The fourth-order valence-electron chi connectivity index (χ4n) is 2.46. The van der Waals surface area contributed by atoms with Gasteiger partial charge in [0.15, 0.2) is 11.6 Å². The van der Waals surface area contributed by atoms with Gasteiger partial charge in [0, 0.05) is 23.4 Å². The summed E-state index contributed by atoms with van der Waals surface area (Å²) in [6.45, 7) is 5.80. The van der Waals surface area contributed by atoms with E-state index in [1.165, 1.54) is 12.6 Å². The van der Waals surface area contributed by atoms with Gasteiger partial charge in [-0.15, -0.1) is 0 Å². The van der Waals surface area contributed by atoms with Gasteiger partial charge in [0.1, 0.15) is 30.0 Å². The van der Waals surface area contributed by atoms with Crippen LogP contribution in [0.3, 0.4) is 0 Å². The maximum atomic E-state index is 12.4. The Labute approximate surface area is 161 Å². The fourth-order valence-corrected chi connectivity index (χ4v) is 2.46. The number of carbonyl (C=O) groups is 1. The van der Waals surface area contributed by atoms with Gasteiger partial charge in [-0.1, -0.05) is 11.2 Å². The molecule has 0 spiro atoms. The highest BCUT2D eigenvalue weighted by Crippen LogP contribution is 2.26. The van der Waals surface area contributed by atoms with Crippen molar-refractivity contribution in [1.82, 2.24) is 15.1 Å². The van der Waals surface area contributed by atoms with Crippen molar-refractivity contribution in [1.29, 1.82) is 5.26 Å². The Morgan fingerprint density at radius 1 is 1.21 bits per heavy atom. The van der Waals surface area contributed by atoms with Crippen LogP contribution in [-0.2, 0) is 0 Å². The smallest absolute Gasteiger partial charge is 0.256 e. The minimum Gasteiger partial charge on any atom is -0.367 e. The van der Waals surface area contributed by atoms with E-state index in [2.05, 4.69) is 37.1 Å². The number of nitriles is 1. The summed E-state index contributed by atoms with van der Waals surface area (Å²) in [5.41, 5.74) is 2.26. The lowest BCUT2D eigenvalue weighted by Gasteiger charge is -2.15. The summed E-state index contributed by atoms with van der Waals surface area (Å²) >= 11 is 0. The molecule has 1 aromatic carbocycles. The normalized spacial score (nSPS) is 10.4. The van der Waals surface area contributed by atoms with Crippen molar-refractivity contribution in [2.24, 2.45) is 0 Å². The van der Waals surface area contributed by atoms with Crippen LogP contribution in [0.5, 0.6) is 0 Å². The number of aromatic nitrogens is 3. The summed E-state index contributed by atoms with van der Waals surface area (Å²) in [6, 6.07) is 8.98. The number of carbonyl (C=O) groups excluding carboxylic acids is 1. The predicted molar refractivity (Wildman–Crippen MR) is 104 cm³/mol. The van der Waals surface area contributed by atoms with E-state index in [0.717, 1.165) is 5.56 Å². The van der Waals surface area contributed by atoms with Crippen LogP contribution in [0.2, 0.25) is 0 Å². The number of aryl methyl sites for hydroxylation is 1. The topological polar surface area (TPSA) is 129 Å². The van der Waals surface area contributed by atoms with Gasteiger partial charge in [-0.2, -0.15) is 5.26 Å². The van der Waals surface area contributed by atoms with Gasteiger partial charge in [0.2, 0.25) is 0 Å². The average Bonchev–Trinajstić information content (AvgIpc) is 3.16. The molecule has 0 bridgehead atoms. The molecule has 0 fully saturated rings. The van der Waals surface area contributed by atoms with Gasteiger partial charge in [-0.05, 0) is 38.5 Å². The Morgan fingerprint density at radius 3 is 2.68 bits per heavy atom. The van der Waals surface area contributed by atoms with Crippen molar-refractivity contribution < 1.29 is 9.32 Å². The van der Waals surface area contributed by atoms with Gasteiger partial charge >= 0.3 is 0 Å². The lowest BCUT2D eigenvalue weighted by Crippen LogP contribution is -2.14. The second-order valence-corrected chi connectivity index (χ2v) is 6.35. The Morgan fingerprint density at radius 2 is 2.00 bits per heavy atom. The third-order valence-electron chi connectivity index (χ3n) is 3.82. The molecular formula is C19H19N7O2. The third-order valence-corrected chi connectivity index (χ3v) is 3.82. The zero-order valence-electron chi connectivity index (χ0n) is 15.6. The number of benzene rings is 1. The first-order chi connectivity index (χ1) is 13.5. The highest BCUT2D eigenvalue weighted by atomic mass is 16.5. The SMILES string of the molecule is Cc1ccc(C(=O)Nc2ccon2)cc1Nc1ncnc(NC(C)C)c1C#N. The zero-order valence-corrected chi connectivity index (χ0v) is 15.6. The Hall–Kier alpha value is -3.93. The van der Waals surface area contributed by atoms with E-state index in [1.54, 1.807) is 24.3 Å². The first kappa shape index (κ1) is 18.8. The molecule has 1 amide bonds. The Kier molecular flexibility index (Phi) is 5.50. The van der Waals surface area contributed by atoms with E-state index in [1.807, 2.05) is 20.8 Å². The Bertz CT molecular complexity index is 1020. The molecule has 0 aliphatic heterocycles. The van der Waals surface area contributed by atoms with Crippen molar-refractivity contribution in [2.45, 2.75) is 26.8 Å². The van der Waals surface area contributed by atoms with Crippen LogP contribution in [0, 0.1) is 18.3 Å². The maximum Gasteiger partial charge on any atom is 0.256 e. The molecule has 0 radical (unpaired) electrons. The molecule has 142 valence electrons. The van der Waals surface area contributed by atoms with Gasteiger partial charge in [-0.25, -0.2) is 9.97 Å². The van der Waals surface area contributed by atoms with Crippen molar-refractivity contribution in [2.75, 3.05) is 16.0 Å². The van der Waals surface area contributed by atoms with Crippen molar-refractivity contribution in [3.63, 3.8) is 0 Å². The molecule has 9 nitrogen and oxygen atoms in total. The molecule has 0 atom stereocenters. The number of hydrogen-bond acceptors (Lipinski definition) is 8. The quantitative estimate of drug-likeness (QED) is 0.595. The van der Waals surface area contributed by atoms with Crippen LogP contribution in [0.1, 0.15) is 35.3 Å². The fraction of sp³-hybridized carbons (Fsp3) is 0.211. The largest absolute Gasteiger partial charge is 0.367 e. The highest BCUT2D eigenvalue weighted by Gasteiger charge is 2.15. The van der Waals surface area contributed by atoms with E-state index in [0.29, 0.717) is 34.3 Å². The van der Waals surface area contributed by atoms with E-state index < -0.39 is 0 Å². The highest BCUT2D eigenvalue weighted by molar-refractivity contribution is 6.04. The maximum absolute atomic E-state index is 12.4. The zero-order chi connectivity index (χ0) is 20.1. The van der Waals surface area contributed by atoms with Crippen molar-refractivity contribution in [3.8, 4) is 6.07 Å². The second kappa shape index (κ2) is 8.18. The number of hydrogen-bond donors (Lipinski definition) is 3. The standard InChI is InChI=1S/C19H19N7O2/c1-11(2)23-17-14(9-20)18(22-10-21-17)24-15-8-13(5-4-12(15)3)19(27)25-16-6-7-28-26-16/h4-8,10-11H,1-3H3,(H,25,26,27)(H2,21,22,23,24). The van der Waals surface area contributed by atoms with E-state index in [9.17, 15) is 10.1 Å². The van der Waals surface area contributed by atoms with Crippen LogP contribution < -0.4 is 16.0 Å². The average molecular weight is 377 g/mol. The molecule has 0 aliphatic rings. The molecule has 0 saturated carbocycles. The molecule has 9 heteroatoms. The number of nitrogens with one attached hydrogen (secondary N) is 3. The second-order valence-electron chi connectivity index (χ2n) is 6.35. The summed E-state index contributed by atoms with van der Waals surface area (Å²) in [5.74, 6) is 0.805. The molecule has 0 saturated heterocycles. The number of amides is 1. The van der Waals surface area contributed by atoms with Crippen LogP contribution >= 0.6 is 0 Å². The van der Waals surface area contributed by atoms with Gasteiger partial charge in [0.25, 0.3) is 5.91 Å². The van der Waals surface area contributed by atoms with Crippen LogP contribution in [0.4, 0.5) is 23.1 Å². The molecule has 0 aliphatic carbocycles. The molecule has 3 aromatic rings. The van der Waals surface area contributed by atoms with Crippen LogP contribution in [0.15, 0.2) is 41.4 Å². The number of nitrogens with zero attached hydrogens (tertiary/aromatic N) is 4. The molecule has 28 heavy (non-hydrogen) atoms. The van der Waals surface area contributed by atoms with E-state index in [4.69, 9.17) is 4.52 Å². The summed E-state index contributed by atoms with van der Waals surface area (Å²) in [7, 11) is 0. The monoisotopic (exact) mass is 377 g/mol. The Balaban J connectivity index is 1.88. The van der Waals surface area contributed by atoms with E-state index >= 15 is 0 Å². The lowest BCUT2D eigenvalue weighted by atomic mass is 10.1. The first-order valence-electron chi connectivity index (χ1n) is 8.59. The summed E-state index contributed by atoms with van der Waals surface area (Å²) in [6.07, 6.45) is 2.75. The predicted octanol–water partition coefficient (Wildman–Crippen LogP) is 3.46. The van der Waals surface area contributed by atoms with Crippen molar-refractivity contribution >= 4 is 29.0 Å². The molecule has 2 heterocycles. The van der Waals surface area contributed by atoms with Crippen molar-refractivity contribution in [3.05, 3.63) is 53.5 Å². The van der Waals surface area contributed by atoms with Gasteiger partial charge < -0.3 is 20.5 Å². The first-order valence-corrected chi connectivity index (χ1v) is 8.59. The van der Waals surface area contributed by atoms with E-state index in [-0.39, 0.29) is 11.9 Å². The summed E-state index contributed by atoms with van der Waals surface area (Å²) < 4.78 is 4.71. The molecule has 2 aromatic heterocycles. The number of anilines is 4. The van der Waals surface area contributed by atoms with Crippen LogP contribution in [0.25, 0.3) is 0 Å². The summed E-state index contributed by atoms with van der Waals surface area (Å²) in [4.78, 5) is 20.7.